The quantitative estimate of drug-likeness (QED) is 0.671. The third kappa shape index (κ3) is 5.84. The molecule has 20 heavy (non-hydrogen) atoms. The zero-order valence-electron chi connectivity index (χ0n) is 11.7. The predicted octanol–water partition coefficient (Wildman–Crippen LogP) is 1.49. The standard InChI is InChI=1S/C15H22N2O3/c1-11(12-5-3-2-4-6-12)9-10-17-15(20)13(16)7-8-14(18)19/h2-6,11,13H,7-10,16H2,1H3,(H,17,20)(H,18,19). The van der Waals surface area contributed by atoms with Crippen molar-refractivity contribution < 1.29 is 14.7 Å². The fourth-order valence-corrected chi connectivity index (χ4v) is 1.90. The topological polar surface area (TPSA) is 92.4 Å². The van der Waals surface area contributed by atoms with Crippen molar-refractivity contribution in [2.75, 3.05) is 6.54 Å². The molecular weight excluding hydrogens is 256 g/mol. The number of carboxylic acid groups (broad SMARTS) is 1. The molecule has 0 radical (unpaired) electrons. The number of carboxylic acids is 1. The lowest BCUT2D eigenvalue weighted by Crippen LogP contribution is -2.41. The van der Waals surface area contributed by atoms with Gasteiger partial charge in [-0.1, -0.05) is 37.3 Å². The van der Waals surface area contributed by atoms with Crippen molar-refractivity contribution >= 4 is 11.9 Å². The van der Waals surface area contributed by atoms with E-state index in [-0.39, 0.29) is 18.7 Å². The lowest BCUT2D eigenvalue weighted by Gasteiger charge is -2.14. The van der Waals surface area contributed by atoms with Gasteiger partial charge in [0.1, 0.15) is 0 Å². The van der Waals surface area contributed by atoms with Crippen LogP contribution < -0.4 is 11.1 Å². The molecule has 4 N–H and O–H groups in total. The molecule has 0 aliphatic rings. The van der Waals surface area contributed by atoms with Gasteiger partial charge in [-0.25, -0.2) is 0 Å². The van der Waals surface area contributed by atoms with Crippen LogP contribution in [0.25, 0.3) is 0 Å². The van der Waals surface area contributed by atoms with Gasteiger partial charge in [0.25, 0.3) is 0 Å². The summed E-state index contributed by atoms with van der Waals surface area (Å²) in [6, 6.07) is 9.33. The molecule has 2 atom stereocenters. The van der Waals surface area contributed by atoms with E-state index in [4.69, 9.17) is 10.8 Å². The summed E-state index contributed by atoms with van der Waals surface area (Å²) in [4.78, 5) is 22.0. The van der Waals surface area contributed by atoms with E-state index in [0.29, 0.717) is 12.5 Å². The third-order valence-electron chi connectivity index (χ3n) is 3.25. The molecule has 110 valence electrons. The van der Waals surface area contributed by atoms with Crippen LogP contribution in [0.5, 0.6) is 0 Å². The maximum atomic E-state index is 11.6. The second-order valence-corrected chi connectivity index (χ2v) is 4.93. The Morgan fingerprint density at radius 1 is 1.25 bits per heavy atom. The van der Waals surface area contributed by atoms with Gasteiger partial charge < -0.3 is 16.2 Å². The van der Waals surface area contributed by atoms with Gasteiger partial charge in [-0.15, -0.1) is 0 Å². The summed E-state index contributed by atoms with van der Waals surface area (Å²) in [7, 11) is 0. The Bertz CT molecular complexity index is 434. The maximum absolute atomic E-state index is 11.6. The molecule has 1 rings (SSSR count). The van der Waals surface area contributed by atoms with Gasteiger partial charge in [0, 0.05) is 13.0 Å². The maximum Gasteiger partial charge on any atom is 0.303 e. The van der Waals surface area contributed by atoms with Crippen molar-refractivity contribution in [3.8, 4) is 0 Å². The molecule has 0 aliphatic carbocycles. The largest absolute Gasteiger partial charge is 0.481 e. The van der Waals surface area contributed by atoms with Crippen LogP contribution in [0, 0.1) is 0 Å². The monoisotopic (exact) mass is 278 g/mol. The van der Waals surface area contributed by atoms with E-state index in [1.807, 2.05) is 18.2 Å². The number of benzene rings is 1. The Kier molecular flexibility index (Phi) is 6.73. The summed E-state index contributed by atoms with van der Waals surface area (Å²) in [5.74, 6) is -0.871. The molecule has 0 saturated heterocycles. The van der Waals surface area contributed by atoms with Crippen molar-refractivity contribution in [1.82, 2.24) is 5.32 Å². The molecule has 0 aromatic heterocycles. The van der Waals surface area contributed by atoms with Crippen LogP contribution in [-0.4, -0.2) is 29.6 Å². The Hall–Kier alpha value is -1.88. The molecule has 0 aliphatic heterocycles. The zero-order valence-corrected chi connectivity index (χ0v) is 11.7. The second kappa shape index (κ2) is 8.32. The first-order chi connectivity index (χ1) is 9.50. The van der Waals surface area contributed by atoms with Crippen LogP contribution in [0.1, 0.15) is 37.7 Å². The minimum atomic E-state index is -0.939. The minimum Gasteiger partial charge on any atom is -0.481 e. The number of carbonyl (C=O) groups is 2. The zero-order chi connectivity index (χ0) is 15.0. The first-order valence-electron chi connectivity index (χ1n) is 6.80. The molecule has 5 heteroatoms. The molecule has 1 aromatic rings. The predicted molar refractivity (Wildman–Crippen MR) is 77.3 cm³/mol. The van der Waals surface area contributed by atoms with Crippen LogP contribution in [0.3, 0.4) is 0 Å². The second-order valence-electron chi connectivity index (χ2n) is 4.93. The van der Waals surface area contributed by atoms with Crippen molar-refractivity contribution in [3.63, 3.8) is 0 Å². The number of nitrogens with two attached hydrogens (primary N) is 1. The van der Waals surface area contributed by atoms with Crippen molar-refractivity contribution in [2.24, 2.45) is 5.73 Å². The first kappa shape index (κ1) is 16.2. The van der Waals surface area contributed by atoms with Crippen molar-refractivity contribution in [1.29, 1.82) is 0 Å². The van der Waals surface area contributed by atoms with E-state index in [9.17, 15) is 9.59 Å². The number of amides is 1. The number of hydrogen-bond donors (Lipinski definition) is 3. The highest BCUT2D eigenvalue weighted by Gasteiger charge is 2.14. The summed E-state index contributed by atoms with van der Waals surface area (Å²) < 4.78 is 0. The molecule has 5 nitrogen and oxygen atoms in total. The summed E-state index contributed by atoms with van der Waals surface area (Å²) >= 11 is 0. The van der Waals surface area contributed by atoms with Crippen LogP contribution in [-0.2, 0) is 9.59 Å². The van der Waals surface area contributed by atoms with Gasteiger partial charge in [0.05, 0.1) is 6.04 Å². The number of nitrogens with one attached hydrogen (secondary N) is 1. The molecule has 0 spiro atoms. The average Bonchev–Trinajstić information content (AvgIpc) is 2.45. The minimum absolute atomic E-state index is 0.0883. The van der Waals surface area contributed by atoms with E-state index in [2.05, 4.69) is 24.4 Å². The number of carbonyl (C=O) groups excluding carboxylic acids is 1. The van der Waals surface area contributed by atoms with Crippen LogP contribution in [0.15, 0.2) is 30.3 Å². The molecule has 0 saturated carbocycles. The molecule has 1 aromatic carbocycles. The summed E-state index contributed by atoms with van der Waals surface area (Å²) in [6.07, 6.45) is 0.895. The van der Waals surface area contributed by atoms with Gasteiger partial charge >= 0.3 is 5.97 Å². The SMILES string of the molecule is CC(CCNC(=O)C(N)CCC(=O)O)c1ccccc1. The van der Waals surface area contributed by atoms with Gasteiger partial charge in [-0.3, -0.25) is 9.59 Å². The first-order valence-corrected chi connectivity index (χ1v) is 6.80. The highest BCUT2D eigenvalue weighted by molar-refractivity contribution is 5.82. The summed E-state index contributed by atoms with van der Waals surface area (Å²) in [5.41, 5.74) is 6.85. The Labute approximate surface area is 119 Å². The van der Waals surface area contributed by atoms with E-state index in [1.54, 1.807) is 0 Å². The summed E-state index contributed by atoms with van der Waals surface area (Å²) in [5, 5.41) is 11.3. The molecule has 2 unspecified atom stereocenters. The molecular formula is C15H22N2O3. The lowest BCUT2D eigenvalue weighted by atomic mass is 9.98. The molecule has 1 amide bonds. The molecule has 0 bridgehead atoms. The normalized spacial score (nSPS) is 13.5. The lowest BCUT2D eigenvalue weighted by molar-refractivity contribution is -0.137. The van der Waals surface area contributed by atoms with Gasteiger partial charge in [0.2, 0.25) is 5.91 Å². The summed E-state index contributed by atoms with van der Waals surface area (Å²) in [6.45, 7) is 2.64. The highest BCUT2D eigenvalue weighted by Crippen LogP contribution is 2.17. The number of aliphatic carboxylic acids is 1. The van der Waals surface area contributed by atoms with Gasteiger partial charge in [0.15, 0.2) is 0 Å². The van der Waals surface area contributed by atoms with Crippen LogP contribution >= 0.6 is 0 Å². The van der Waals surface area contributed by atoms with Gasteiger partial charge in [-0.2, -0.15) is 0 Å². The van der Waals surface area contributed by atoms with Crippen molar-refractivity contribution in [3.05, 3.63) is 35.9 Å². The fourth-order valence-electron chi connectivity index (χ4n) is 1.90. The highest BCUT2D eigenvalue weighted by atomic mass is 16.4. The average molecular weight is 278 g/mol. The van der Waals surface area contributed by atoms with Crippen LogP contribution in [0.4, 0.5) is 0 Å². The smallest absolute Gasteiger partial charge is 0.303 e. The Balaban J connectivity index is 2.26. The van der Waals surface area contributed by atoms with Crippen LogP contribution in [0.2, 0.25) is 0 Å². The Morgan fingerprint density at radius 3 is 2.50 bits per heavy atom. The number of hydrogen-bond acceptors (Lipinski definition) is 3. The Morgan fingerprint density at radius 2 is 1.90 bits per heavy atom. The van der Waals surface area contributed by atoms with E-state index < -0.39 is 12.0 Å². The third-order valence-corrected chi connectivity index (χ3v) is 3.25. The number of rotatable bonds is 8. The van der Waals surface area contributed by atoms with E-state index in [0.717, 1.165) is 6.42 Å². The van der Waals surface area contributed by atoms with Gasteiger partial charge in [-0.05, 0) is 24.3 Å². The molecule has 0 fully saturated rings. The molecule has 0 heterocycles. The fraction of sp³-hybridized carbons (Fsp3) is 0.467. The van der Waals surface area contributed by atoms with Crippen molar-refractivity contribution in [2.45, 2.75) is 38.1 Å². The van der Waals surface area contributed by atoms with E-state index in [1.165, 1.54) is 5.56 Å². The van der Waals surface area contributed by atoms with E-state index >= 15 is 0 Å².